The predicted molar refractivity (Wildman–Crippen MR) is 118 cm³/mol. The summed E-state index contributed by atoms with van der Waals surface area (Å²) in [7, 11) is 0. The van der Waals surface area contributed by atoms with Gasteiger partial charge in [-0.25, -0.2) is 4.39 Å². The molecule has 1 unspecified atom stereocenters. The Bertz CT molecular complexity index is 1230. The smallest absolute Gasteiger partial charge is 0.171 e. The van der Waals surface area contributed by atoms with E-state index in [1.165, 1.54) is 16.7 Å². The molecule has 3 aromatic rings. The van der Waals surface area contributed by atoms with Gasteiger partial charge in [-0.3, -0.25) is 9.39 Å². The quantitative estimate of drug-likeness (QED) is 0.623. The Hall–Kier alpha value is -3.28. The number of nitrogens with one attached hydrogen (secondary N) is 1. The number of allylic oxidation sites excluding steroid dienone is 2. The summed E-state index contributed by atoms with van der Waals surface area (Å²) in [6.45, 7) is 8.28. The maximum atomic E-state index is 14.7. The van der Waals surface area contributed by atoms with E-state index in [4.69, 9.17) is 0 Å². The molecule has 1 aliphatic heterocycles. The first kappa shape index (κ1) is 18.7. The lowest BCUT2D eigenvalue weighted by Crippen LogP contribution is -2.17. The molecule has 5 rings (SSSR count). The van der Waals surface area contributed by atoms with Gasteiger partial charge in [-0.15, -0.1) is 10.2 Å². The highest BCUT2D eigenvalue weighted by atomic mass is 19.1. The maximum absolute atomic E-state index is 14.7. The molecule has 0 bridgehead atoms. The molecule has 0 fully saturated rings. The third-order valence-electron chi connectivity index (χ3n) is 6.15. The highest BCUT2D eigenvalue weighted by molar-refractivity contribution is 5.85. The van der Waals surface area contributed by atoms with E-state index in [0.717, 1.165) is 53.1 Å². The zero-order valence-electron chi connectivity index (χ0n) is 17.2. The van der Waals surface area contributed by atoms with Crippen LogP contribution in [0, 0.1) is 5.82 Å². The fourth-order valence-electron chi connectivity index (χ4n) is 4.88. The number of fused-ring (bicyclic) bond motifs is 3. The molecule has 1 atom stereocenters. The van der Waals surface area contributed by atoms with Crippen molar-refractivity contribution in [2.75, 3.05) is 5.32 Å². The third-order valence-corrected chi connectivity index (χ3v) is 6.15. The third kappa shape index (κ3) is 2.86. The SMILES string of the molecule is C=CC=NC(=C(C)C)c1cc2c(n3cnnc13)NCc1c(F)ccc3c1C(CC3)C2. The number of halogens is 1. The second kappa shape index (κ2) is 7.20. The standard InChI is InChI=1S/C24H24FN5/c1-4-9-26-22(14(2)3)18-11-17-10-16-6-5-15-7-8-20(25)19(21(15)16)12-27-23(17)30-13-28-29-24(18)30/h4,7-9,11,13,16,27H,1,5-6,10,12H2,2-3H3. The normalized spacial score (nSPS) is 17.2. The zero-order chi connectivity index (χ0) is 20.8. The van der Waals surface area contributed by atoms with E-state index >= 15 is 0 Å². The predicted octanol–water partition coefficient (Wildman–Crippen LogP) is 5.07. The average molecular weight is 401 g/mol. The molecular formula is C24H24FN5. The number of hydrogen-bond acceptors (Lipinski definition) is 4. The Kier molecular flexibility index (Phi) is 4.50. The summed E-state index contributed by atoms with van der Waals surface area (Å²) in [5.41, 5.74) is 8.11. The highest BCUT2D eigenvalue weighted by Crippen LogP contribution is 2.42. The molecular weight excluding hydrogens is 377 g/mol. The molecule has 0 radical (unpaired) electrons. The Labute approximate surface area is 175 Å². The van der Waals surface area contributed by atoms with Gasteiger partial charge in [0.2, 0.25) is 0 Å². The van der Waals surface area contributed by atoms with Gasteiger partial charge in [0.05, 0.1) is 5.70 Å². The van der Waals surface area contributed by atoms with E-state index in [9.17, 15) is 4.39 Å². The summed E-state index contributed by atoms with van der Waals surface area (Å²) < 4.78 is 16.6. The lowest BCUT2D eigenvalue weighted by Gasteiger charge is -2.25. The van der Waals surface area contributed by atoms with Crippen molar-refractivity contribution in [2.24, 2.45) is 4.99 Å². The molecule has 1 aromatic carbocycles. The first-order valence-corrected chi connectivity index (χ1v) is 10.3. The Balaban J connectivity index is 1.71. The van der Waals surface area contributed by atoms with Crippen LogP contribution in [0.15, 0.2) is 47.7 Å². The summed E-state index contributed by atoms with van der Waals surface area (Å²) in [5, 5.41) is 12.0. The molecule has 6 heteroatoms. The van der Waals surface area contributed by atoms with Crippen molar-refractivity contribution in [2.45, 2.75) is 45.6 Å². The van der Waals surface area contributed by atoms with Crippen LogP contribution in [0.5, 0.6) is 0 Å². The Morgan fingerprint density at radius 3 is 3.00 bits per heavy atom. The molecule has 30 heavy (non-hydrogen) atoms. The number of aliphatic imine (C=N–C) groups is 1. The van der Waals surface area contributed by atoms with Crippen LogP contribution in [0.1, 0.15) is 54.0 Å². The Morgan fingerprint density at radius 1 is 1.33 bits per heavy atom. The highest BCUT2D eigenvalue weighted by Gasteiger charge is 2.31. The summed E-state index contributed by atoms with van der Waals surface area (Å²) in [5.74, 6) is 1.13. The van der Waals surface area contributed by atoms with Crippen LogP contribution >= 0.6 is 0 Å². The van der Waals surface area contributed by atoms with Crippen molar-refractivity contribution in [3.63, 3.8) is 0 Å². The molecule has 0 saturated heterocycles. The minimum absolute atomic E-state index is 0.126. The van der Waals surface area contributed by atoms with Gasteiger partial charge in [0, 0.05) is 23.9 Å². The van der Waals surface area contributed by atoms with Gasteiger partial charge >= 0.3 is 0 Å². The van der Waals surface area contributed by atoms with Crippen LogP contribution in [-0.4, -0.2) is 20.8 Å². The molecule has 3 heterocycles. The number of pyridine rings is 1. The maximum Gasteiger partial charge on any atom is 0.171 e. The van der Waals surface area contributed by atoms with E-state index < -0.39 is 0 Å². The van der Waals surface area contributed by atoms with Crippen molar-refractivity contribution in [1.82, 2.24) is 14.6 Å². The molecule has 0 spiro atoms. The van der Waals surface area contributed by atoms with Gasteiger partial charge in [0.1, 0.15) is 18.0 Å². The molecule has 5 nitrogen and oxygen atoms in total. The summed E-state index contributed by atoms with van der Waals surface area (Å²) in [4.78, 5) is 4.62. The second-order valence-electron chi connectivity index (χ2n) is 8.21. The van der Waals surface area contributed by atoms with E-state index in [1.807, 2.05) is 24.3 Å². The van der Waals surface area contributed by atoms with E-state index in [0.29, 0.717) is 12.5 Å². The molecule has 2 aliphatic rings. The number of nitrogens with zero attached hydrogens (tertiary/aromatic N) is 4. The van der Waals surface area contributed by atoms with Gasteiger partial charge in [-0.1, -0.05) is 18.7 Å². The van der Waals surface area contributed by atoms with Crippen molar-refractivity contribution in [3.8, 4) is 0 Å². The number of hydrogen-bond donors (Lipinski definition) is 1. The van der Waals surface area contributed by atoms with Crippen molar-refractivity contribution < 1.29 is 4.39 Å². The molecule has 0 saturated carbocycles. The molecule has 0 amide bonds. The monoisotopic (exact) mass is 401 g/mol. The largest absolute Gasteiger partial charge is 0.367 e. The fourth-order valence-corrected chi connectivity index (χ4v) is 4.88. The van der Waals surface area contributed by atoms with Crippen LogP contribution in [-0.2, 0) is 19.4 Å². The first-order valence-electron chi connectivity index (χ1n) is 10.3. The van der Waals surface area contributed by atoms with E-state index in [2.05, 4.69) is 33.2 Å². The summed E-state index contributed by atoms with van der Waals surface area (Å²) in [6.07, 6.45) is 7.98. The molecule has 1 N–H and O–H groups in total. The summed E-state index contributed by atoms with van der Waals surface area (Å²) >= 11 is 0. The van der Waals surface area contributed by atoms with Crippen molar-refractivity contribution in [3.05, 3.63) is 76.4 Å². The topological polar surface area (TPSA) is 54.6 Å². The van der Waals surface area contributed by atoms with E-state index in [-0.39, 0.29) is 5.82 Å². The Morgan fingerprint density at radius 2 is 2.20 bits per heavy atom. The molecule has 2 aromatic heterocycles. The van der Waals surface area contributed by atoms with Gasteiger partial charge in [-0.2, -0.15) is 0 Å². The van der Waals surface area contributed by atoms with Crippen molar-refractivity contribution >= 4 is 23.4 Å². The lowest BCUT2D eigenvalue weighted by molar-refractivity contribution is 0.597. The molecule has 152 valence electrons. The zero-order valence-corrected chi connectivity index (χ0v) is 17.2. The fraction of sp³-hybridized carbons (Fsp3) is 0.292. The first-order chi connectivity index (χ1) is 14.6. The van der Waals surface area contributed by atoms with Crippen LogP contribution in [0.4, 0.5) is 10.2 Å². The molecule has 1 aliphatic carbocycles. The van der Waals surface area contributed by atoms with Crippen LogP contribution in [0.25, 0.3) is 11.3 Å². The van der Waals surface area contributed by atoms with Gasteiger partial charge < -0.3 is 5.32 Å². The van der Waals surface area contributed by atoms with Gasteiger partial charge in [-0.05, 0) is 73.4 Å². The lowest BCUT2D eigenvalue weighted by atomic mass is 9.88. The number of aromatic nitrogens is 3. The number of aryl methyl sites for hydroxylation is 1. The van der Waals surface area contributed by atoms with Crippen LogP contribution in [0.2, 0.25) is 0 Å². The van der Waals surface area contributed by atoms with Crippen LogP contribution < -0.4 is 5.32 Å². The van der Waals surface area contributed by atoms with Crippen molar-refractivity contribution in [1.29, 1.82) is 0 Å². The van der Waals surface area contributed by atoms with E-state index in [1.54, 1.807) is 24.7 Å². The number of benzene rings is 1. The minimum Gasteiger partial charge on any atom is -0.367 e. The van der Waals surface area contributed by atoms with Gasteiger partial charge in [0.25, 0.3) is 0 Å². The minimum atomic E-state index is -0.126. The second-order valence-corrected chi connectivity index (χ2v) is 8.21. The van der Waals surface area contributed by atoms with Gasteiger partial charge in [0.15, 0.2) is 5.65 Å². The average Bonchev–Trinajstić information content (AvgIpc) is 3.34. The number of anilines is 1. The van der Waals surface area contributed by atoms with Crippen LogP contribution in [0.3, 0.4) is 0 Å². The summed E-state index contributed by atoms with van der Waals surface area (Å²) in [6, 6.07) is 5.74. The number of rotatable bonds is 3.